The molecule has 14 heteroatoms. The fourth-order valence-corrected chi connectivity index (χ4v) is 3.72. The second-order valence-corrected chi connectivity index (χ2v) is 9.99. The molecule has 0 heterocycles. The minimum atomic E-state index is -9.86. The van der Waals surface area contributed by atoms with E-state index in [1.807, 2.05) is 0 Å². The predicted molar refractivity (Wildman–Crippen MR) is 101 cm³/mol. The first-order chi connectivity index (χ1) is 13.7. The van der Waals surface area contributed by atoms with Crippen molar-refractivity contribution >= 4 is 33.6 Å². The van der Waals surface area contributed by atoms with Crippen molar-refractivity contribution in [1.82, 2.24) is 0 Å². The average Bonchev–Trinajstić information content (AvgIpc) is 2.57. The number of aliphatic hydroxyl groups is 1. The minimum Gasteiger partial charge on any atom is -0.406 e. The van der Waals surface area contributed by atoms with Gasteiger partial charge in [-0.15, -0.1) is 24.9 Å². The fourth-order valence-electron chi connectivity index (χ4n) is 2.11. The van der Waals surface area contributed by atoms with Gasteiger partial charge >= 0.3 is 16.6 Å². The number of benzene rings is 2. The molecule has 0 fully saturated rings. The lowest BCUT2D eigenvalue weighted by atomic mass is 10.1. The Morgan fingerprint density at radius 3 is 2.16 bits per heavy atom. The number of rotatable bonds is 7. The Kier molecular flexibility index (Phi) is 6.02. The third kappa shape index (κ3) is 7.78. The number of amides is 1. The van der Waals surface area contributed by atoms with Crippen molar-refractivity contribution in [2.45, 2.75) is 28.7 Å². The van der Waals surface area contributed by atoms with Gasteiger partial charge in [0.25, 0.3) is 5.91 Å². The lowest BCUT2D eigenvalue weighted by Gasteiger charge is -2.40. The monoisotopic (exact) mass is 497 g/mol. The molecule has 0 aliphatic rings. The Morgan fingerprint density at radius 1 is 1.06 bits per heavy atom. The zero-order chi connectivity index (χ0) is 23.8. The van der Waals surface area contributed by atoms with Crippen LogP contribution in [0.25, 0.3) is 0 Å². The van der Waals surface area contributed by atoms with Gasteiger partial charge in [-0.2, -0.15) is 0 Å². The summed E-state index contributed by atoms with van der Waals surface area (Å²) < 4.78 is 104. The molecule has 4 nitrogen and oxygen atoms in total. The van der Waals surface area contributed by atoms with Gasteiger partial charge in [0.1, 0.15) is 16.2 Å². The van der Waals surface area contributed by atoms with Crippen LogP contribution in [0.3, 0.4) is 0 Å². The second kappa shape index (κ2) is 7.45. The number of anilines is 1. The molecular formula is C17H15F8NO3S2. The highest BCUT2D eigenvalue weighted by Crippen LogP contribution is 3.02. The molecule has 1 amide bonds. The van der Waals surface area contributed by atoms with E-state index in [2.05, 4.69) is 10.1 Å². The molecule has 0 bridgehead atoms. The maximum Gasteiger partial charge on any atom is 0.573 e. The number of carbonyl (C=O) groups is 1. The van der Waals surface area contributed by atoms with Crippen molar-refractivity contribution < 1.29 is 47.2 Å². The molecule has 0 spiro atoms. The number of ether oxygens (including phenoxy) is 1. The lowest BCUT2D eigenvalue weighted by Crippen LogP contribution is -2.42. The summed E-state index contributed by atoms with van der Waals surface area (Å²) in [5.74, 6) is -1.92. The summed E-state index contributed by atoms with van der Waals surface area (Å²) in [5.41, 5.74) is -2.38. The van der Waals surface area contributed by atoms with Gasteiger partial charge in [-0.05, 0) is 49.4 Å². The summed E-state index contributed by atoms with van der Waals surface area (Å²) in [4.78, 5) is 10.3. The van der Waals surface area contributed by atoms with Crippen molar-refractivity contribution in [3.05, 3.63) is 48.5 Å². The number of hydrogen-bond acceptors (Lipinski definition) is 4. The molecule has 0 aliphatic carbocycles. The molecule has 0 saturated heterocycles. The van der Waals surface area contributed by atoms with Gasteiger partial charge in [-0.1, -0.05) is 25.5 Å². The zero-order valence-corrected chi connectivity index (χ0v) is 17.1. The number of thioether (sulfide) groups is 1. The smallest absolute Gasteiger partial charge is 0.406 e. The molecule has 1 atom stereocenters. The minimum absolute atomic E-state index is 0.104. The Balaban J connectivity index is 2.03. The number of alkyl halides is 3. The van der Waals surface area contributed by atoms with Crippen LogP contribution in [0.15, 0.2) is 58.3 Å². The highest BCUT2D eigenvalue weighted by molar-refractivity contribution is 8.45. The summed E-state index contributed by atoms with van der Waals surface area (Å²) >= 11 is 0.810. The Labute approximate surface area is 175 Å². The number of carbonyl (C=O) groups excluding carboxylic acids is 1. The zero-order valence-electron chi connectivity index (χ0n) is 15.4. The highest BCUT2D eigenvalue weighted by atomic mass is 32.5. The van der Waals surface area contributed by atoms with Crippen LogP contribution in [-0.2, 0) is 4.79 Å². The molecule has 2 aromatic rings. The molecule has 2 N–H and O–H groups in total. The maximum atomic E-state index is 12.7. The van der Waals surface area contributed by atoms with Gasteiger partial charge in [0.15, 0.2) is 0 Å². The quantitative estimate of drug-likeness (QED) is 0.329. The highest BCUT2D eigenvalue weighted by Gasteiger charge is 2.65. The summed E-state index contributed by atoms with van der Waals surface area (Å²) in [6.07, 6.45) is -4.90. The Hall–Kier alpha value is -2.19. The third-order valence-corrected chi connectivity index (χ3v) is 6.06. The van der Waals surface area contributed by atoms with Crippen molar-refractivity contribution in [1.29, 1.82) is 0 Å². The van der Waals surface area contributed by atoms with Crippen molar-refractivity contribution in [2.24, 2.45) is 0 Å². The van der Waals surface area contributed by atoms with Crippen LogP contribution in [0.5, 0.6) is 5.75 Å². The molecule has 0 aliphatic heterocycles. The second-order valence-electron chi connectivity index (χ2n) is 6.53. The lowest BCUT2D eigenvalue weighted by molar-refractivity contribution is -0.274. The number of hydrogen-bond donors (Lipinski definition) is 2. The van der Waals surface area contributed by atoms with E-state index in [0.29, 0.717) is 12.1 Å². The normalized spacial score (nSPS) is 16.6. The Morgan fingerprint density at radius 2 is 1.65 bits per heavy atom. The van der Waals surface area contributed by atoms with E-state index in [1.165, 1.54) is 12.1 Å². The van der Waals surface area contributed by atoms with E-state index in [0.717, 1.165) is 30.8 Å². The van der Waals surface area contributed by atoms with Gasteiger partial charge in [-0.25, -0.2) is 0 Å². The molecule has 174 valence electrons. The first-order valence-electron chi connectivity index (χ1n) is 8.12. The SMILES string of the molecule is CC(O)(CSc1cccc(OC(F)(F)F)c1)C(=O)Nc1ccc(S(F)(F)(F)(F)F)cc1. The standard InChI is InChI=1S/C17H15F8NO3S2/c1-16(28,10-30-13-4-2-3-12(9-13)29-17(18,19)20)15(27)26-11-5-7-14(8-6-11)31(21,22,23,24)25/h2-9,28H,10H2,1H3,(H,26,27). The van der Waals surface area contributed by atoms with Crippen molar-refractivity contribution in [3.8, 4) is 5.75 Å². The Bertz CT molecular complexity index is 961. The van der Waals surface area contributed by atoms with Gasteiger partial charge in [0.2, 0.25) is 0 Å². The van der Waals surface area contributed by atoms with Crippen LogP contribution < -0.4 is 10.1 Å². The summed E-state index contributed by atoms with van der Waals surface area (Å²) in [7, 11) is -9.86. The van der Waals surface area contributed by atoms with Crippen molar-refractivity contribution in [3.63, 3.8) is 0 Å². The summed E-state index contributed by atoms with van der Waals surface area (Å²) in [6.45, 7) is 1.06. The van der Waals surface area contributed by atoms with Gasteiger partial charge < -0.3 is 15.2 Å². The molecule has 0 radical (unpaired) electrons. The third-order valence-electron chi connectivity index (χ3n) is 3.61. The molecule has 31 heavy (non-hydrogen) atoms. The average molecular weight is 497 g/mol. The first-order valence-corrected chi connectivity index (χ1v) is 11.1. The van der Waals surface area contributed by atoms with E-state index in [9.17, 15) is 42.5 Å². The molecule has 0 saturated carbocycles. The molecular weight excluding hydrogens is 482 g/mol. The van der Waals surface area contributed by atoms with Crippen LogP contribution in [0, 0.1) is 0 Å². The van der Waals surface area contributed by atoms with Crippen LogP contribution in [0.4, 0.5) is 38.3 Å². The number of halogens is 8. The fraction of sp³-hybridized carbons (Fsp3) is 0.235. The van der Waals surface area contributed by atoms with Crippen LogP contribution in [-0.4, -0.2) is 28.7 Å². The molecule has 2 aromatic carbocycles. The van der Waals surface area contributed by atoms with Gasteiger partial charge in [-0.3, -0.25) is 4.79 Å². The van der Waals surface area contributed by atoms with Crippen LogP contribution in [0.1, 0.15) is 6.92 Å². The largest absolute Gasteiger partial charge is 0.573 e. The van der Waals surface area contributed by atoms with Crippen molar-refractivity contribution in [2.75, 3.05) is 11.1 Å². The van der Waals surface area contributed by atoms with Crippen LogP contribution >= 0.6 is 22.0 Å². The topological polar surface area (TPSA) is 58.6 Å². The van der Waals surface area contributed by atoms with E-state index in [-0.39, 0.29) is 28.5 Å². The van der Waals surface area contributed by atoms with Gasteiger partial charge in [0, 0.05) is 16.3 Å². The number of nitrogens with one attached hydrogen (secondary N) is 1. The van der Waals surface area contributed by atoms with E-state index in [1.54, 1.807) is 0 Å². The summed E-state index contributed by atoms with van der Waals surface area (Å²) in [6, 6.07) is 6.17. The predicted octanol–water partition coefficient (Wildman–Crippen LogP) is 6.72. The van der Waals surface area contributed by atoms with Crippen LogP contribution in [0.2, 0.25) is 0 Å². The van der Waals surface area contributed by atoms with E-state index < -0.39 is 38.7 Å². The molecule has 2 rings (SSSR count). The summed E-state index contributed by atoms with van der Waals surface area (Å²) in [5, 5.41) is 12.4. The maximum absolute atomic E-state index is 12.7. The first kappa shape index (κ1) is 25.1. The van der Waals surface area contributed by atoms with E-state index >= 15 is 0 Å². The van der Waals surface area contributed by atoms with Gasteiger partial charge in [0.05, 0.1) is 0 Å². The van der Waals surface area contributed by atoms with E-state index in [4.69, 9.17) is 0 Å². The molecule has 0 aromatic heterocycles. The molecule has 1 unspecified atom stereocenters.